The fourth-order valence-corrected chi connectivity index (χ4v) is 2.44. The molecule has 0 bridgehead atoms. The van der Waals surface area contributed by atoms with Gasteiger partial charge in [0.2, 0.25) is 5.69 Å². The lowest BCUT2D eigenvalue weighted by Crippen LogP contribution is -2.37. The molecular formula is C16H21N2O+. The first-order chi connectivity index (χ1) is 8.95. The number of hydrogen-bond donors (Lipinski definition) is 0. The van der Waals surface area contributed by atoms with Gasteiger partial charge in [-0.15, -0.1) is 0 Å². The predicted octanol–water partition coefficient (Wildman–Crippen LogP) is 2.82. The number of nitrogens with zero attached hydrogens (tertiary/aromatic N) is 2. The maximum Gasteiger partial charge on any atom is 0.234 e. The van der Waals surface area contributed by atoms with Gasteiger partial charge in [0.05, 0.1) is 12.7 Å². The Kier molecular flexibility index (Phi) is 3.56. The zero-order valence-corrected chi connectivity index (χ0v) is 12.5. The Morgan fingerprint density at radius 3 is 2.32 bits per heavy atom. The molecule has 1 aromatic carbocycles. The summed E-state index contributed by atoms with van der Waals surface area (Å²) < 4.78 is 7.48. The molecular weight excluding hydrogens is 236 g/mol. The molecule has 0 saturated carbocycles. The monoisotopic (exact) mass is 257 g/mol. The van der Waals surface area contributed by atoms with E-state index in [2.05, 4.69) is 49.5 Å². The average molecular weight is 257 g/mol. The van der Waals surface area contributed by atoms with Crippen molar-refractivity contribution in [2.45, 2.75) is 27.7 Å². The molecule has 2 rings (SSSR count). The number of aryl methyl sites for hydroxylation is 3. The Labute approximate surface area is 114 Å². The van der Waals surface area contributed by atoms with Crippen molar-refractivity contribution in [2.24, 2.45) is 7.05 Å². The summed E-state index contributed by atoms with van der Waals surface area (Å²) in [7, 11) is 3.79. The third-order valence-corrected chi connectivity index (χ3v) is 3.73. The zero-order chi connectivity index (χ0) is 14.2. The molecule has 1 aromatic heterocycles. The molecule has 0 aliphatic rings. The van der Waals surface area contributed by atoms with Gasteiger partial charge in [-0.25, -0.2) is 4.98 Å². The van der Waals surface area contributed by atoms with Crippen molar-refractivity contribution in [2.75, 3.05) is 7.11 Å². The molecule has 3 heteroatoms. The lowest BCUT2D eigenvalue weighted by Gasteiger charge is -2.11. The molecule has 3 nitrogen and oxygen atoms in total. The van der Waals surface area contributed by atoms with Crippen LogP contribution in [0.3, 0.4) is 0 Å². The Morgan fingerprint density at radius 1 is 1.05 bits per heavy atom. The Balaban J connectivity index is 2.69. The second-order valence-corrected chi connectivity index (χ2v) is 4.96. The van der Waals surface area contributed by atoms with Gasteiger partial charge in [-0.1, -0.05) is 0 Å². The summed E-state index contributed by atoms with van der Waals surface area (Å²) in [6, 6.07) is 6.16. The maximum absolute atomic E-state index is 5.27. The van der Waals surface area contributed by atoms with Crippen LogP contribution in [0.5, 0.6) is 5.75 Å². The van der Waals surface area contributed by atoms with Gasteiger partial charge in [0.1, 0.15) is 24.2 Å². The molecule has 0 amide bonds. The molecule has 0 aliphatic heterocycles. The van der Waals surface area contributed by atoms with Crippen LogP contribution < -0.4 is 9.30 Å². The molecule has 2 aromatic rings. The van der Waals surface area contributed by atoms with Gasteiger partial charge in [-0.3, -0.25) is 0 Å². The van der Waals surface area contributed by atoms with Crippen molar-refractivity contribution >= 4 is 0 Å². The minimum Gasteiger partial charge on any atom is -0.497 e. The summed E-state index contributed by atoms with van der Waals surface area (Å²) in [6.07, 6.45) is 0. The predicted molar refractivity (Wildman–Crippen MR) is 76.3 cm³/mol. The second-order valence-electron chi connectivity index (χ2n) is 4.96. The van der Waals surface area contributed by atoms with Gasteiger partial charge in [0.25, 0.3) is 0 Å². The summed E-state index contributed by atoms with van der Waals surface area (Å²) in [6.45, 7) is 8.31. The Hall–Kier alpha value is -1.90. The van der Waals surface area contributed by atoms with Crippen molar-refractivity contribution in [3.05, 3.63) is 40.8 Å². The third kappa shape index (κ3) is 2.33. The molecule has 0 radical (unpaired) electrons. The molecule has 0 atom stereocenters. The largest absolute Gasteiger partial charge is 0.497 e. The topological polar surface area (TPSA) is 26.0 Å². The number of ether oxygens (including phenoxy) is 1. The van der Waals surface area contributed by atoms with Crippen molar-refractivity contribution in [3.8, 4) is 17.0 Å². The van der Waals surface area contributed by atoms with E-state index < -0.39 is 0 Å². The normalized spacial score (nSPS) is 10.6. The second kappa shape index (κ2) is 5.00. The van der Waals surface area contributed by atoms with E-state index in [9.17, 15) is 0 Å². The van der Waals surface area contributed by atoms with E-state index in [1.807, 2.05) is 13.0 Å². The standard InChI is InChI=1S/C16H21N2O/c1-10-9-14(19-6)7-8-15(10)16-12(3)17-11(2)13(4)18(16)5/h7-9H,1-6H3/q+1. The number of hydrogen-bond acceptors (Lipinski definition) is 2. The van der Waals surface area contributed by atoms with Crippen molar-refractivity contribution < 1.29 is 9.30 Å². The third-order valence-electron chi connectivity index (χ3n) is 3.73. The minimum atomic E-state index is 0.887. The van der Waals surface area contributed by atoms with Gasteiger partial charge >= 0.3 is 0 Å². The molecule has 0 aliphatic carbocycles. The van der Waals surface area contributed by atoms with Gasteiger partial charge in [-0.05, 0) is 44.5 Å². The van der Waals surface area contributed by atoms with Gasteiger partial charge < -0.3 is 4.74 Å². The fraction of sp³-hybridized carbons (Fsp3) is 0.375. The molecule has 0 unspecified atom stereocenters. The van der Waals surface area contributed by atoms with Crippen LogP contribution in [0.25, 0.3) is 11.3 Å². The molecule has 100 valence electrons. The number of aromatic nitrogens is 2. The van der Waals surface area contributed by atoms with E-state index in [0.717, 1.165) is 17.1 Å². The van der Waals surface area contributed by atoms with Gasteiger partial charge in [0, 0.05) is 6.92 Å². The molecule has 0 N–H and O–H groups in total. The average Bonchev–Trinajstić information content (AvgIpc) is 2.38. The van der Waals surface area contributed by atoms with Gasteiger partial charge in [-0.2, -0.15) is 4.57 Å². The maximum atomic E-state index is 5.27. The Morgan fingerprint density at radius 2 is 1.74 bits per heavy atom. The van der Waals surface area contributed by atoms with E-state index in [0.29, 0.717) is 0 Å². The summed E-state index contributed by atoms with van der Waals surface area (Å²) in [5.41, 5.74) is 6.90. The van der Waals surface area contributed by atoms with Crippen LogP contribution in [-0.2, 0) is 7.05 Å². The highest BCUT2D eigenvalue weighted by Gasteiger charge is 2.21. The highest BCUT2D eigenvalue weighted by Crippen LogP contribution is 2.26. The van der Waals surface area contributed by atoms with E-state index in [4.69, 9.17) is 4.74 Å². The summed E-state index contributed by atoms with van der Waals surface area (Å²) >= 11 is 0. The van der Waals surface area contributed by atoms with Crippen LogP contribution in [0.1, 0.15) is 22.6 Å². The summed E-state index contributed by atoms with van der Waals surface area (Å²) in [5.74, 6) is 0.887. The van der Waals surface area contributed by atoms with Crippen LogP contribution in [0, 0.1) is 27.7 Å². The van der Waals surface area contributed by atoms with Crippen molar-refractivity contribution in [1.82, 2.24) is 4.98 Å². The highest BCUT2D eigenvalue weighted by molar-refractivity contribution is 5.64. The molecule has 1 heterocycles. The molecule has 0 spiro atoms. The summed E-state index contributed by atoms with van der Waals surface area (Å²) in [5, 5.41) is 0. The number of methoxy groups -OCH3 is 1. The molecule has 0 fully saturated rings. The van der Waals surface area contributed by atoms with Crippen LogP contribution in [0.4, 0.5) is 0 Å². The lowest BCUT2D eigenvalue weighted by atomic mass is 10.0. The van der Waals surface area contributed by atoms with E-state index in [1.54, 1.807) is 7.11 Å². The molecule has 0 saturated heterocycles. The van der Waals surface area contributed by atoms with E-state index >= 15 is 0 Å². The van der Waals surface area contributed by atoms with Crippen LogP contribution >= 0.6 is 0 Å². The quantitative estimate of drug-likeness (QED) is 0.773. The first-order valence-corrected chi connectivity index (χ1v) is 6.44. The first kappa shape index (κ1) is 13.5. The van der Waals surface area contributed by atoms with E-state index in [-0.39, 0.29) is 0 Å². The lowest BCUT2D eigenvalue weighted by molar-refractivity contribution is -0.667. The first-order valence-electron chi connectivity index (χ1n) is 6.44. The molecule has 19 heavy (non-hydrogen) atoms. The summed E-state index contributed by atoms with van der Waals surface area (Å²) in [4.78, 5) is 4.64. The highest BCUT2D eigenvalue weighted by atomic mass is 16.5. The van der Waals surface area contributed by atoms with Gasteiger partial charge in [0.15, 0.2) is 5.69 Å². The number of benzene rings is 1. The van der Waals surface area contributed by atoms with Crippen molar-refractivity contribution in [1.29, 1.82) is 0 Å². The smallest absolute Gasteiger partial charge is 0.234 e. The Bertz CT molecular complexity index is 633. The van der Waals surface area contributed by atoms with Crippen molar-refractivity contribution in [3.63, 3.8) is 0 Å². The van der Waals surface area contributed by atoms with E-state index in [1.165, 1.54) is 22.5 Å². The van der Waals surface area contributed by atoms with Crippen LogP contribution in [0.15, 0.2) is 18.2 Å². The SMILES string of the molecule is COc1ccc(-c2c(C)nc(C)c(C)[n+]2C)c(C)c1. The fourth-order valence-electron chi connectivity index (χ4n) is 2.44. The van der Waals surface area contributed by atoms with Crippen LogP contribution in [-0.4, -0.2) is 12.1 Å². The number of rotatable bonds is 2. The minimum absolute atomic E-state index is 0.887. The zero-order valence-electron chi connectivity index (χ0n) is 12.5. The van der Waals surface area contributed by atoms with Crippen LogP contribution in [0.2, 0.25) is 0 Å².